The third-order valence-corrected chi connectivity index (χ3v) is 2.27. The molecular weight excluding hydrogens is 234 g/mol. The van der Waals surface area contributed by atoms with Gasteiger partial charge in [0.1, 0.15) is 0 Å². The maximum absolute atomic E-state index is 11.0. The van der Waals surface area contributed by atoms with E-state index in [2.05, 4.69) is 20.9 Å². The zero-order chi connectivity index (χ0) is 9.42. The molecule has 1 aromatic heterocycles. The summed E-state index contributed by atoms with van der Waals surface area (Å²) in [5, 5.41) is 0. The minimum atomic E-state index is -0.541. The number of nitrogens with zero attached hydrogens (tertiary/aromatic N) is 2. The number of hydrogen-bond acceptors (Lipinski definition) is 2. The van der Waals surface area contributed by atoms with Gasteiger partial charge in [0.25, 0.3) is 0 Å². The van der Waals surface area contributed by atoms with E-state index in [0.29, 0.717) is 10.3 Å². The fourth-order valence-electron chi connectivity index (χ4n) is 1.21. The van der Waals surface area contributed by atoms with Crippen LogP contribution in [0.5, 0.6) is 0 Å². The molecule has 13 heavy (non-hydrogen) atoms. The number of halogens is 1. The Hall–Kier alpha value is -1.36. The topological polar surface area (TPSA) is 60.9 Å². The number of nitrogens with two attached hydrogens (primary N) is 1. The van der Waals surface area contributed by atoms with Crippen LogP contribution < -0.4 is 5.73 Å². The highest BCUT2D eigenvalue weighted by molar-refractivity contribution is 9.10. The highest BCUT2D eigenvalue weighted by atomic mass is 79.9. The van der Waals surface area contributed by atoms with Crippen molar-refractivity contribution in [1.29, 1.82) is 0 Å². The molecule has 5 heteroatoms. The number of amides is 1. The van der Waals surface area contributed by atoms with Crippen LogP contribution in [0.4, 0.5) is 4.79 Å². The zero-order valence-electron chi connectivity index (χ0n) is 6.57. The normalized spacial score (nSPS) is 10.5. The average Bonchev–Trinajstić information content (AvgIpc) is 2.39. The van der Waals surface area contributed by atoms with E-state index in [4.69, 9.17) is 5.73 Å². The molecule has 66 valence electrons. The second-order valence-corrected chi connectivity index (χ2v) is 3.25. The van der Waals surface area contributed by atoms with Gasteiger partial charge in [-0.3, -0.25) is 0 Å². The SMILES string of the molecule is NC(=O)n1c(Br)nc2ccccc21. The van der Waals surface area contributed by atoms with Crippen molar-refractivity contribution in [3.8, 4) is 0 Å². The number of rotatable bonds is 0. The summed E-state index contributed by atoms with van der Waals surface area (Å²) in [6.45, 7) is 0. The minimum Gasteiger partial charge on any atom is -0.351 e. The molecule has 0 bridgehead atoms. The molecule has 1 heterocycles. The number of para-hydroxylation sites is 2. The third kappa shape index (κ3) is 1.21. The van der Waals surface area contributed by atoms with Crippen molar-refractivity contribution in [3.63, 3.8) is 0 Å². The van der Waals surface area contributed by atoms with Crippen LogP contribution in [0.25, 0.3) is 11.0 Å². The highest BCUT2D eigenvalue weighted by Gasteiger charge is 2.10. The first-order chi connectivity index (χ1) is 6.20. The number of benzene rings is 1. The molecule has 2 aromatic rings. The van der Waals surface area contributed by atoms with Gasteiger partial charge in [-0.15, -0.1) is 0 Å². The predicted molar refractivity (Wildman–Crippen MR) is 52.4 cm³/mol. The average molecular weight is 240 g/mol. The summed E-state index contributed by atoms with van der Waals surface area (Å²) in [7, 11) is 0. The smallest absolute Gasteiger partial charge is 0.325 e. The van der Waals surface area contributed by atoms with Crippen LogP contribution in [0.3, 0.4) is 0 Å². The maximum Gasteiger partial charge on any atom is 0.325 e. The van der Waals surface area contributed by atoms with E-state index in [1.54, 1.807) is 6.07 Å². The Bertz CT molecular complexity index is 477. The van der Waals surface area contributed by atoms with Crippen LogP contribution in [-0.4, -0.2) is 15.6 Å². The molecule has 0 aliphatic rings. The first kappa shape index (κ1) is 8.25. The highest BCUT2D eigenvalue weighted by Crippen LogP contribution is 2.18. The van der Waals surface area contributed by atoms with Gasteiger partial charge in [-0.1, -0.05) is 12.1 Å². The van der Waals surface area contributed by atoms with Gasteiger partial charge in [0, 0.05) is 0 Å². The molecule has 1 aromatic carbocycles. The van der Waals surface area contributed by atoms with Gasteiger partial charge < -0.3 is 5.73 Å². The Morgan fingerprint density at radius 1 is 1.46 bits per heavy atom. The van der Waals surface area contributed by atoms with E-state index in [1.807, 2.05) is 18.2 Å². The van der Waals surface area contributed by atoms with Gasteiger partial charge in [-0.05, 0) is 28.1 Å². The van der Waals surface area contributed by atoms with Gasteiger partial charge >= 0.3 is 6.03 Å². The summed E-state index contributed by atoms with van der Waals surface area (Å²) in [6.07, 6.45) is 0. The summed E-state index contributed by atoms with van der Waals surface area (Å²) in [5.41, 5.74) is 6.63. The van der Waals surface area contributed by atoms with Crippen LogP contribution >= 0.6 is 15.9 Å². The molecule has 0 saturated carbocycles. The molecule has 0 unspecified atom stereocenters. The standard InChI is InChI=1S/C8H6BrN3O/c9-7-11-5-3-1-2-4-6(5)12(7)8(10)13/h1-4H,(H2,10,13). The van der Waals surface area contributed by atoms with Crippen molar-refractivity contribution in [3.05, 3.63) is 29.0 Å². The number of fused-ring (bicyclic) bond motifs is 1. The molecule has 0 saturated heterocycles. The fraction of sp³-hybridized carbons (Fsp3) is 0. The Labute approximate surface area is 82.5 Å². The van der Waals surface area contributed by atoms with Crippen LogP contribution in [0.1, 0.15) is 0 Å². The molecule has 0 radical (unpaired) electrons. The lowest BCUT2D eigenvalue weighted by Crippen LogP contribution is -2.19. The zero-order valence-corrected chi connectivity index (χ0v) is 8.15. The van der Waals surface area contributed by atoms with Gasteiger partial charge in [0.2, 0.25) is 0 Å². The predicted octanol–water partition coefficient (Wildman–Crippen LogP) is 1.73. The van der Waals surface area contributed by atoms with Crippen LogP contribution in [0, 0.1) is 0 Å². The van der Waals surface area contributed by atoms with Crippen molar-refractivity contribution in [1.82, 2.24) is 9.55 Å². The molecule has 0 aliphatic heterocycles. The lowest BCUT2D eigenvalue weighted by Gasteiger charge is -1.97. The van der Waals surface area contributed by atoms with Crippen molar-refractivity contribution < 1.29 is 4.79 Å². The summed E-state index contributed by atoms with van der Waals surface area (Å²) in [6, 6.07) is 6.75. The Morgan fingerprint density at radius 2 is 2.15 bits per heavy atom. The number of carbonyl (C=O) groups is 1. The van der Waals surface area contributed by atoms with E-state index in [-0.39, 0.29) is 0 Å². The Morgan fingerprint density at radius 3 is 2.85 bits per heavy atom. The first-order valence-electron chi connectivity index (χ1n) is 3.63. The minimum absolute atomic E-state index is 0.432. The number of imidazole rings is 1. The lowest BCUT2D eigenvalue weighted by molar-refractivity contribution is 0.250. The summed E-state index contributed by atoms with van der Waals surface area (Å²) >= 11 is 3.16. The number of carbonyl (C=O) groups excluding carboxylic acids is 1. The van der Waals surface area contributed by atoms with E-state index in [9.17, 15) is 4.79 Å². The van der Waals surface area contributed by atoms with Crippen LogP contribution in [0.2, 0.25) is 0 Å². The summed E-state index contributed by atoms with van der Waals surface area (Å²) in [5.74, 6) is 0. The van der Waals surface area contributed by atoms with E-state index >= 15 is 0 Å². The Kier molecular flexibility index (Phi) is 1.81. The van der Waals surface area contributed by atoms with E-state index in [1.165, 1.54) is 4.57 Å². The number of hydrogen-bond donors (Lipinski definition) is 1. The fourth-order valence-corrected chi connectivity index (χ4v) is 1.76. The summed E-state index contributed by atoms with van der Waals surface area (Å²) < 4.78 is 1.75. The van der Waals surface area contributed by atoms with Gasteiger partial charge in [0.15, 0.2) is 4.73 Å². The molecule has 2 N–H and O–H groups in total. The molecule has 0 atom stereocenters. The maximum atomic E-state index is 11.0. The molecule has 4 nitrogen and oxygen atoms in total. The van der Waals surface area contributed by atoms with Crippen molar-refractivity contribution in [2.45, 2.75) is 0 Å². The molecule has 0 spiro atoms. The largest absolute Gasteiger partial charge is 0.351 e. The van der Waals surface area contributed by atoms with Crippen LogP contribution in [0.15, 0.2) is 29.0 Å². The molecule has 0 fully saturated rings. The monoisotopic (exact) mass is 239 g/mol. The van der Waals surface area contributed by atoms with Gasteiger partial charge in [-0.25, -0.2) is 14.3 Å². The second-order valence-electron chi connectivity index (χ2n) is 2.54. The number of primary amides is 1. The molecule has 2 rings (SSSR count). The quantitative estimate of drug-likeness (QED) is 0.762. The summed E-state index contributed by atoms with van der Waals surface area (Å²) in [4.78, 5) is 15.1. The van der Waals surface area contributed by atoms with Crippen LogP contribution in [-0.2, 0) is 0 Å². The van der Waals surface area contributed by atoms with Crippen molar-refractivity contribution in [2.24, 2.45) is 5.73 Å². The Balaban J connectivity index is 2.86. The number of aromatic nitrogens is 2. The van der Waals surface area contributed by atoms with Gasteiger partial charge in [0.05, 0.1) is 11.0 Å². The second kappa shape index (κ2) is 2.85. The van der Waals surface area contributed by atoms with Gasteiger partial charge in [-0.2, -0.15) is 0 Å². The van der Waals surface area contributed by atoms with Crippen molar-refractivity contribution in [2.75, 3.05) is 0 Å². The molecular formula is C8H6BrN3O. The van der Waals surface area contributed by atoms with E-state index in [0.717, 1.165) is 5.52 Å². The first-order valence-corrected chi connectivity index (χ1v) is 4.42. The van der Waals surface area contributed by atoms with Crippen molar-refractivity contribution >= 4 is 33.0 Å². The van der Waals surface area contributed by atoms with E-state index < -0.39 is 6.03 Å². The lowest BCUT2D eigenvalue weighted by atomic mass is 10.3. The molecule has 1 amide bonds. The molecule has 0 aliphatic carbocycles. The third-order valence-electron chi connectivity index (χ3n) is 1.74.